The first-order valence-electron chi connectivity index (χ1n) is 12.8. The molecule has 1 fully saturated rings. The molecule has 1 aliphatic rings. The topological polar surface area (TPSA) is 97.2 Å². The Balaban J connectivity index is 1.16. The maximum absolute atomic E-state index is 13.6. The molecule has 2 aromatic carbocycles. The van der Waals surface area contributed by atoms with Gasteiger partial charge in [0.05, 0.1) is 39.4 Å². The van der Waals surface area contributed by atoms with Crippen LogP contribution < -0.4 is 10.6 Å². The van der Waals surface area contributed by atoms with E-state index in [1.165, 1.54) is 34.7 Å². The second kappa shape index (κ2) is 10.9. The summed E-state index contributed by atoms with van der Waals surface area (Å²) in [5, 5.41) is 12.2. The molecule has 4 heterocycles. The lowest BCUT2D eigenvalue weighted by Crippen LogP contribution is -2.29. The molecule has 3 aromatic heterocycles. The van der Waals surface area contributed by atoms with E-state index in [1.807, 2.05) is 35.0 Å². The van der Waals surface area contributed by atoms with Crippen molar-refractivity contribution in [2.45, 2.75) is 25.1 Å². The van der Waals surface area contributed by atoms with Crippen LogP contribution in [0.15, 0.2) is 61.1 Å². The molecule has 5 aromatic rings. The van der Waals surface area contributed by atoms with E-state index >= 15 is 0 Å². The Morgan fingerprint density at radius 3 is 3.00 bits per heavy atom. The van der Waals surface area contributed by atoms with Gasteiger partial charge in [-0.15, -0.1) is 11.3 Å². The Bertz CT molecular complexity index is 1770. The first-order valence-corrected chi connectivity index (χ1v) is 13.6. The number of benzene rings is 2. The van der Waals surface area contributed by atoms with Crippen molar-refractivity contribution in [1.82, 2.24) is 30.0 Å². The van der Waals surface area contributed by atoms with Gasteiger partial charge in [0.25, 0.3) is 0 Å². The van der Waals surface area contributed by atoms with Gasteiger partial charge in [-0.25, -0.2) is 19.2 Å². The largest absolute Gasteiger partial charge is 0.445 e. The third-order valence-corrected chi connectivity index (χ3v) is 7.58. The summed E-state index contributed by atoms with van der Waals surface area (Å²) in [6.45, 7) is 1.07. The van der Waals surface area contributed by atoms with Crippen LogP contribution in [0.3, 0.4) is 0 Å². The van der Waals surface area contributed by atoms with E-state index in [9.17, 15) is 9.18 Å². The molecule has 11 heteroatoms. The summed E-state index contributed by atoms with van der Waals surface area (Å²) in [6, 6.07) is 14.4. The third-order valence-electron chi connectivity index (χ3n) is 6.53. The second-order valence-corrected chi connectivity index (χ2v) is 10.8. The van der Waals surface area contributed by atoms with Gasteiger partial charge in [0.1, 0.15) is 18.2 Å². The van der Waals surface area contributed by atoms with Crippen LogP contribution in [0.25, 0.3) is 21.1 Å². The monoisotopic (exact) mass is 555 g/mol. The number of halogens is 1. The zero-order valence-corrected chi connectivity index (χ0v) is 22.7. The summed E-state index contributed by atoms with van der Waals surface area (Å²) in [4.78, 5) is 23.0. The highest BCUT2D eigenvalue weighted by atomic mass is 32.1. The molecule has 1 aliphatic heterocycles. The van der Waals surface area contributed by atoms with Crippen LogP contribution in [-0.2, 0) is 11.3 Å². The average Bonchev–Trinajstić information content (AvgIpc) is 3.66. The summed E-state index contributed by atoms with van der Waals surface area (Å²) in [5.41, 5.74) is 3.49. The number of nitrogens with one attached hydrogen (secondary N) is 2. The quantitative estimate of drug-likeness (QED) is 0.302. The van der Waals surface area contributed by atoms with Crippen LogP contribution in [0, 0.1) is 17.7 Å². The molecule has 0 radical (unpaired) electrons. The van der Waals surface area contributed by atoms with E-state index in [0.29, 0.717) is 25.3 Å². The maximum Gasteiger partial charge on any atom is 0.409 e. The molecule has 0 saturated carbocycles. The number of aromatic nitrogens is 4. The Morgan fingerprint density at radius 1 is 1.25 bits per heavy atom. The van der Waals surface area contributed by atoms with Crippen molar-refractivity contribution in [2.24, 2.45) is 0 Å². The Kier molecular flexibility index (Phi) is 7.02. The number of hydrogen-bond acceptors (Lipinski definition) is 8. The van der Waals surface area contributed by atoms with Crippen molar-refractivity contribution in [3.05, 3.63) is 77.3 Å². The Labute approximate surface area is 234 Å². The van der Waals surface area contributed by atoms with Crippen LogP contribution in [0.4, 0.5) is 20.7 Å². The summed E-state index contributed by atoms with van der Waals surface area (Å²) < 4.78 is 21.8. The van der Waals surface area contributed by atoms with Gasteiger partial charge in [0.15, 0.2) is 5.82 Å². The number of ether oxygens (including phenoxy) is 1. The van der Waals surface area contributed by atoms with Crippen LogP contribution in [0.1, 0.15) is 16.9 Å². The molecular weight excluding hydrogens is 529 g/mol. The zero-order chi connectivity index (χ0) is 27.6. The first-order chi connectivity index (χ1) is 19.4. The van der Waals surface area contributed by atoms with Gasteiger partial charge in [-0.2, -0.15) is 5.10 Å². The predicted molar refractivity (Wildman–Crippen MR) is 153 cm³/mol. The van der Waals surface area contributed by atoms with Crippen molar-refractivity contribution in [3.8, 4) is 11.8 Å². The van der Waals surface area contributed by atoms with Gasteiger partial charge in [-0.05, 0) is 42.0 Å². The zero-order valence-electron chi connectivity index (χ0n) is 21.9. The van der Waals surface area contributed by atoms with Crippen molar-refractivity contribution in [3.63, 3.8) is 0 Å². The number of amides is 1. The molecular formula is C29H26FN7O2S. The van der Waals surface area contributed by atoms with Gasteiger partial charge in [0.2, 0.25) is 0 Å². The molecule has 40 heavy (non-hydrogen) atoms. The number of nitrogens with zero attached hydrogens (tertiary/aromatic N) is 5. The van der Waals surface area contributed by atoms with Crippen LogP contribution in [-0.4, -0.2) is 63.5 Å². The number of rotatable bonds is 5. The van der Waals surface area contributed by atoms with E-state index in [4.69, 9.17) is 4.74 Å². The van der Waals surface area contributed by atoms with Gasteiger partial charge < -0.3 is 15.0 Å². The van der Waals surface area contributed by atoms with Gasteiger partial charge in [-0.1, -0.05) is 24.0 Å². The Hall–Kier alpha value is -4.53. The van der Waals surface area contributed by atoms with E-state index in [-0.39, 0.29) is 24.1 Å². The third kappa shape index (κ3) is 5.59. The highest BCUT2D eigenvalue weighted by Gasteiger charge is 2.26. The number of carbonyl (C=O) groups excluding carboxylic acids is 1. The van der Waals surface area contributed by atoms with Crippen molar-refractivity contribution in [2.75, 3.05) is 26.0 Å². The second-order valence-electron chi connectivity index (χ2n) is 9.74. The molecule has 6 rings (SSSR count). The average molecular weight is 556 g/mol. The lowest BCUT2D eigenvalue weighted by molar-refractivity contribution is 0.0826. The molecule has 0 spiro atoms. The minimum absolute atomic E-state index is 0.0533. The molecule has 1 amide bonds. The smallest absolute Gasteiger partial charge is 0.409 e. The minimum atomic E-state index is -0.347. The van der Waals surface area contributed by atoms with Gasteiger partial charge in [-0.3, -0.25) is 10.00 Å². The molecule has 0 bridgehead atoms. The SMILES string of the molecule is CN(C)C(=O)O[C@@H]1CN[C@H](C#Cc2cc3ncnc(Nc4ccc5c(cnn5Cc5cccc(F)c5)c4)c3s2)C1. The summed E-state index contributed by atoms with van der Waals surface area (Å²) in [5.74, 6) is 6.93. The van der Waals surface area contributed by atoms with E-state index < -0.39 is 0 Å². The molecule has 2 N–H and O–H groups in total. The summed E-state index contributed by atoms with van der Waals surface area (Å²) >= 11 is 1.52. The predicted octanol–water partition coefficient (Wildman–Crippen LogP) is 4.75. The Morgan fingerprint density at radius 2 is 2.15 bits per heavy atom. The summed E-state index contributed by atoms with van der Waals surface area (Å²) in [7, 11) is 3.33. The maximum atomic E-state index is 13.6. The van der Waals surface area contributed by atoms with E-state index in [2.05, 4.69) is 37.5 Å². The molecule has 2 atom stereocenters. The lowest BCUT2D eigenvalue weighted by Gasteiger charge is -2.15. The van der Waals surface area contributed by atoms with Gasteiger partial charge >= 0.3 is 6.09 Å². The lowest BCUT2D eigenvalue weighted by atomic mass is 10.2. The van der Waals surface area contributed by atoms with Crippen molar-refractivity contribution >= 4 is 50.1 Å². The molecule has 9 nitrogen and oxygen atoms in total. The molecule has 202 valence electrons. The minimum Gasteiger partial charge on any atom is -0.445 e. The van der Waals surface area contributed by atoms with Gasteiger partial charge in [0, 0.05) is 38.1 Å². The van der Waals surface area contributed by atoms with Crippen LogP contribution >= 0.6 is 11.3 Å². The van der Waals surface area contributed by atoms with Crippen LogP contribution in [0.2, 0.25) is 0 Å². The fourth-order valence-electron chi connectivity index (χ4n) is 4.55. The number of fused-ring (bicyclic) bond motifs is 2. The molecule has 1 saturated heterocycles. The highest BCUT2D eigenvalue weighted by Crippen LogP contribution is 2.31. The normalized spacial score (nSPS) is 16.6. The standard InChI is InChI=1S/C29H26FN7O2S/c1-36(2)29(38)39-23-12-21(31-15-23)6-8-24-13-25-27(40-24)28(33-17-32-25)35-22-7-9-26-19(11-22)14-34-37(26)16-18-4-3-5-20(30)10-18/h3-5,7,9-11,13-14,17,21,23,31H,12,15-16H2,1-2H3,(H,32,33,35)/t21-,23+/m1/s1. The van der Waals surface area contributed by atoms with Crippen molar-refractivity contribution < 1.29 is 13.9 Å². The number of carbonyl (C=O) groups is 1. The molecule has 0 unspecified atom stereocenters. The van der Waals surface area contributed by atoms with E-state index in [0.717, 1.165) is 37.2 Å². The van der Waals surface area contributed by atoms with Crippen molar-refractivity contribution in [1.29, 1.82) is 0 Å². The number of hydrogen-bond donors (Lipinski definition) is 2. The summed E-state index contributed by atoms with van der Waals surface area (Å²) in [6.07, 6.45) is 3.44. The first kappa shape index (κ1) is 25.7. The van der Waals surface area contributed by atoms with Crippen LogP contribution in [0.5, 0.6) is 0 Å². The fourth-order valence-corrected chi connectivity index (χ4v) is 5.47. The van der Waals surface area contributed by atoms with E-state index in [1.54, 1.807) is 26.4 Å². The highest BCUT2D eigenvalue weighted by molar-refractivity contribution is 7.20. The fraction of sp³-hybridized carbons (Fsp3) is 0.241. The molecule has 0 aliphatic carbocycles. The number of anilines is 2. The number of thiophene rings is 1.